The zero-order valence-corrected chi connectivity index (χ0v) is 15.1. The molecule has 1 saturated heterocycles. The van der Waals surface area contributed by atoms with Crippen LogP contribution in [0.1, 0.15) is 54.9 Å². The van der Waals surface area contributed by atoms with Gasteiger partial charge in [0.25, 0.3) is 0 Å². The lowest BCUT2D eigenvalue weighted by Gasteiger charge is -2.37. The third-order valence-corrected chi connectivity index (χ3v) is 5.30. The molecule has 0 aromatic carbocycles. The molecule has 5 nitrogen and oxygen atoms in total. The Bertz CT molecular complexity index is 703. The van der Waals surface area contributed by atoms with Crippen LogP contribution in [-0.4, -0.2) is 27.1 Å². The average molecular weight is 329 g/mol. The summed E-state index contributed by atoms with van der Waals surface area (Å²) in [5.74, 6) is 1.74. The molecule has 1 aliphatic heterocycles. The van der Waals surface area contributed by atoms with Crippen LogP contribution >= 0.6 is 0 Å². The standard InChI is InChI=1S/C19H27N3O2/c1-13-9-10-22(17(12-13)18-6-5-11-24-18)19(23)8-7-16-14(2)20-21(4)15(16)3/h5-6,11,13,17H,7-10,12H2,1-4H3/t13-,17-/m0/s1. The molecule has 3 heterocycles. The van der Waals surface area contributed by atoms with E-state index in [-0.39, 0.29) is 11.9 Å². The predicted octanol–water partition coefficient (Wildman–Crippen LogP) is 3.56. The summed E-state index contributed by atoms with van der Waals surface area (Å²) in [6.07, 6.45) is 5.01. The molecule has 2 aromatic heterocycles. The van der Waals surface area contributed by atoms with Crippen molar-refractivity contribution in [1.82, 2.24) is 14.7 Å². The van der Waals surface area contributed by atoms with Gasteiger partial charge in [0.05, 0.1) is 18.0 Å². The molecule has 1 fully saturated rings. The van der Waals surface area contributed by atoms with Crippen LogP contribution in [0.4, 0.5) is 0 Å². The lowest BCUT2D eigenvalue weighted by Crippen LogP contribution is -2.40. The third-order valence-electron chi connectivity index (χ3n) is 5.30. The molecular formula is C19H27N3O2. The van der Waals surface area contributed by atoms with Gasteiger partial charge < -0.3 is 9.32 Å². The summed E-state index contributed by atoms with van der Waals surface area (Å²) in [4.78, 5) is 14.9. The largest absolute Gasteiger partial charge is 0.467 e. The maximum atomic E-state index is 12.9. The summed E-state index contributed by atoms with van der Waals surface area (Å²) >= 11 is 0. The molecular weight excluding hydrogens is 302 g/mol. The van der Waals surface area contributed by atoms with Gasteiger partial charge in [-0.1, -0.05) is 6.92 Å². The lowest BCUT2D eigenvalue weighted by atomic mass is 9.90. The molecule has 0 aliphatic carbocycles. The van der Waals surface area contributed by atoms with Crippen molar-refractivity contribution in [3.63, 3.8) is 0 Å². The highest BCUT2D eigenvalue weighted by molar-refractivity contribution is 5.77. The zero-order valence-electron chi connectivity index (χ0n) is 15.1. The molecule has 0 saturated carbocycles. The summed E-state index contributed by atoms with van der Waals surface area (Å²) in [5.41, 5.74) is 3.37. The quantitative estimate of drug-likeness (QED) is 0.862. The van der Waals surface area contributed by atoms with Crippen LogP contribution in [0.5, 0.6) is 0 Å². The maximum Gasteiger partial charge on any atom is 0.223 e. The molecule has 2 atom stereocenters. The fraction of sp³-hybridized carbons (Fsp3) is 0.579. The van der Waals surface area contributed by atoms with E-state index in [9.17, 15) is 4.79 Å². The third kappa shape index (κ3) is 3.25. The Morgan fingerprint density at radius 2 is 2.21 bits per heavy atom. The Labute approximate surface area is 143 Å². The van der Waals surface area contributed by atoms with E-state index in [1.54, 1.807) is 6.26 Å². The summed E-state index contributed by atoms with van der Waals surface area (Å²) in [5, 5.41) is 4.44. The highest BCUT2D eigenvalue weighted by Gasteiger charge is 2.32. The molecule has 24 heavy (non-hydrogen) atoms. The number of furan rings is 1. The van der Waals surface area contributed by atoms with Crippen LogP contribution < -0.4 is 0 Å². The van der Waals surface area contributed by atoms with Crippen molar-refractivity contribution < 1.29 is 9.21 Å². The van der Waals surface area contributed by atoms with Gasteiger partial charge >= 0.3 is 0 Å². The monoisotopic (exact) mass is 329 g/mol. The minimum atomic E-state index is 0.0762. The molecule has 5 heteroatoms. The van der Waals surface area contributed by atoms with Gasteiger partial charge in [-0.2, -0.15) is 5.10 Å². The molecule has 130 valence electrons. The van der Waals surface area contributed by atoms with Gasteiger partial charge in [-0.3, -0.25) is 9.48 Å². The first kappa shape index (κ1) is 16.8. The molecule has 0 radical (unpaired) electrons. The number of nitrogens with zero attached hydrogens (tertiary/aromatic N) is 3. The number of likely N-dealkylation sites (tertiary alicyclic amines) is 1. The van der Waals surface area contributed by atoms with Crippen LogP contribution in [0.25, 0.3) is 0 Å². The van der Waals surface area contributed by atoms with Gasteiger partial charge in [0.15, 0.2) is 0 Å². The van der Waals surface area contributed by atoms with Crippen molar-refractivity contribution in [2.75, 3.05) is 6.54 Å². The molecule has 2 aromatic rings. The molecule has 3 rings (SSSR count). The van der Waals surface area contributed by atoms with Gasteiger partial charge in [0.1, 0.15) is 5.76 Å². The summed E-state index contributed by atoms with van der Waals surface area (Å²) in [7, 11) is 1.95. The van der Waals surface area contributed by atoms with Crippen LogP contribution in [0.2, 0.25) is 0 Å². The molecule has 1 amide bonds. The number of hydrogen-bond donors (Lipinski definition) is 0. The van der Waals surface area contributed by atoms with Crippen molar-refractivity contribution >= 4 is 5.91 Å². The Morgan fingerprint density at radius 3 is 2.83 bits per heavy atom. The van der Waals surface area contributed by atoms with E-state index in [1.807, 2.05) is 35.7 Å². The second-order valence-electron chi connectivity index (χ2n) is 7.02. The van der Waals surface area contributed by atoms with Crippen molar-refractivity contribution in [2.45, 2.75) is 52.5 Å². The Balaban J connectivity index is 1.71. The van der Waals surface area contributed by atoms with Gasteiger partial charge in [-0.05, 0) is 56.7 Å². The SMILES string of the molecule is Cc1nn(C)c(C)c1CCC(=O)N1CC[C@H](C)C[C@H]1c1ccco1. The fourth-order valence-electron chi connectivity index (χ4n) is 3.75. The van der Waals surface area contributed by atoms with E-state index in [0.29, 0.717) is 12.3 Å². The van der Waals surface area contributed by atoms with E-state index in [2.05, 4.69) is 18.9 Å². The summed E-state index contributed by atoms with van der Waals surface area (Å²) < 4.78 is 7.49. The van der Waals surface area contributed by atoms with Gasteiger partial charge in [-0.25, -0.2) is 0 Å². The summed E-state index contributed by atoms with van der Waals surface area (Å²) in [6, 6.07) is 3.96. The first-order valence-electron chi connectivity index (χ1n) is 8.79. The molecule has 0 N–H and O–H groups in total. The van der Waals surface area contributed by atoms with Crippen LogP contribution in [0.3, 0.4) is 0 Å². The lowest BCUT2D eigenvalue weighted by molar-refractivity contribution is -0.136. The average Bonchev–Trinajstić information content (AvgIpc) is 3.15. The molecule has 0 bridgehead atoms. The number of piperidine rings is 1. The number of hydrogen-bond acceptors (Lipinski definition) is 3. The topological polar surface area (TPSA) is 51.3 Å². The van der Waals surface area contributed by atoms with Crippen LogP contribution in [0, 0.1) is 19.8 Å². The van der Waals surface area contributed by atoms with E-state index in [0.717, 1.165) is 43.0 Å². The Morgan fingerprint density at radius 1 is 1.42 bits per heavy atom. The highest BCUT2D eigenvalue weighted by Crippen LogP contribution is 2.34. The van der Waals surface area contributed by atoms with Crippen molar-refractivity contribution in [1.29, 1.82) is 0 Å². The van der Waals surface area contributed by atoms with Crippen molar-refractivity contribution in [3.05, 3.63) is 41.1 Å². The summed E-state index contributed by atoms with van der Waals surface area (Å²) in [6.45, 7) is 7.14. The number of carbonyl (C=O) groups is 1. The van der Waals surface area contributed by atoms with E-state index in [1.165, 1.54) is 5.56 Å². The van der Waals surface area contributed by atoms with Crippen LogP contribution in [0.15, 0.2) is 22.8 Å². The number of amides is 1. The van der Waals surface area contributed by atoms with Gasteiger partial charge in [0, 0.05) is 25.7 Å². The minimum absolute atomic E-state index is 0.0762. The second-order valence-corrected chi connectivity index (χ2v) is 7.02. The minimum Gasteiger partial charge on any atom is -0.467 e. The molecule has 1 aliphatic rings. The fourth-order valence-corrected chi connectivity index (χ4v) is 3.75. The first-order chi connectivity index (χ1) is 11.5. The predicted molar refractivity (Wildman–Crippen MR) is 92.6 cm³/mol. The van der Waals surface area contributed by atoms with E-state index >= 15 is 0 Å². The second kappa shape index (κ2) is 6.83. The van der Waals surface area contributed by atoms with Crippen molar-refractivity contribution in [3.8, 4) is 0 Å². The normalized spacial score (nSPS) is 21.2. The smallest absolute Gasteiger partial charge is 0.223 e. The Hall–Kier alpha value is -2.04. The maximum absolute atomic E-state index is 12.9. The van der Waals surface area contributed by atoms with Gasteiger partial charge in [-0.15, -0.1) is 0 Å². The first-order valence-corrected chi connectivity index (χ1v) is 8.79. The molecule has 0 spiro atoms. The number of carbonyl (C=O) groups excluding carboxylic acids is 1. The number of aromatic nitrogens is 2. The molecule has 0 unspecified atom stereocenters. The van der Waals surface area contributed by atoms with E-state index in [4.69, 9.17) is 4.42 Å². The number of aryl methyl sites for hydroxylation is 2. The van der Waals surface area contributed by atoms with Crippen molar-refractivity contribution in [2.24, 2.45) is 13.0 Å². The van der Waals surface area contributed by atoms with Crippen LogP contribution in [-0.2, 0) is 18.3 Å². The van der Waals surface area contributed by atoms with Gasteiger partial charge in [0.2, 0.25) is 5.91 Å². The highest BCUT2D eigenvalue weighted by atomic mass is 16.3. The zero-order chi connectivity index (χ0) is 17.3. The Kier molecular flexibility index (Phi) is 4.78. The van der Waals surface area contributed by atoms with E-state index < -0.39 is 0 Å². The number of rotatable bonds is 4.